The largest absolute Gasteiger partial charge is 0.391 e. The third-order valence-corrected chi connectivity index (χ3v) is 3.78. The summed E-state index contributed by atoms with van der Waals surface area (Å²) in [5, 5.41) is 0. The predicted molar refractivity (Wildman–Crippen MR) is 63.7 cm³/mol. The lowest BCUT2D eigenvalue weighted by atomic mass is 9.79. The average Bonchev–Trinajstić information content (AvgIpc) is 2.85. The van der Waals surface area contributed by atoms with Gasteiger partial charge in [0.15, 0.2) is 5.82 Å². The number of imidazole rings is 1. The van der Waals surface area contributed by atoms with Crippen molar-refractivity contribution in [3.8, 4) is 0 Å². The van der Waals surface area contributed by atoms with Crippen molar-refractivity contribution in [1.29, 1.82) is 0 Å². The van der Waals surface area contributed by atoms with Gasteiger partial charge in [-0.15, -0.1) is 0 Å². The maximum atomic E-state index is 12.7. The van der Waals surface area contributed by atoms with Gasteiger partial charge in [-0.3, -0.25) is 4.79 Å². The second kappa shape index (κ2) is 5.35. The minimum atomic E-state index is -4.20. The van der Waals surface area contributed by atoms with Gasteiger partial charge in [-0.2, -0.15) is 13.2 Å². The van der Waals surface area contributed by atoms with E-state index in [-0.39, 0.29) is 24.4 Å². The molecule has 106 valence electrons. The molecule has 19 heavy (non-hydrogen) atoms. The molecule has 0 saturated heterocycles. The van der Waals surface area contributed by atoms with Crippen molar-refractivity contribution in [2.45, 2.75) is 45.3 Å². The first-order valence-corrected chi connectivity index (χ1v) is 6.55. The topological polar surface area (TPSA) is 34.9 Å². The molecule has 1 fully saturated rings. The van der Waals surface area contributed by atoms with Gasteiger partial charge in [0.25, 0.3) is 0 Å². The van der Waals surface area contributed by atoms with Crippen LogP contribution in [0.1, 0.15) is 43.2 Å². The smallest absolute Gasteiger partial charge is 0.329 e. The van der Waals surface area contributed by atoms with E-state index in [2.05, 4.69) is 4.98 Å². The van der Waals surface area contributed by atoms with Crippen LogP contribution in [0.15, 0.2) is 12.4 Å². The first kappa shape index (κ1) is 14.1. The van der Waals surface area contributed by atoms with Gasteiger partial charge >= 0.3 is 6.18 Å². The first-order chi connectivity index (χ1) is 8.93. The lowest BCUT2D eigenvalue weighted by Gasteiger charge is -2.29. The number of aromatic nitrogens is 2. The Hall–Kier alpha value is -1.33. The fourth-order valence-electron chi connectivity index (χ4n) is 2.70. The number of hydrogen-bond acceptors (Lipinski definition) is 2. The molecule has 0 radical (unpaired) electrons. The van der Waals surface area contributed by atoms with Crippen molar-refractivity contribution in [3.05, 3.63) is 18.2 Å². The fraction of sp³-hybridized carbons (Fsp3) is 0.692. The van der Waals surface area contributed by atoms with Crippen molar-refractivity contribution in [1.82, 2.24) is 9.55 Å². The summed E-state index contributed by atoms with van der Waals surface area (Å²) in [5.41, 5.74) is 0. The quantitative estimate of drug-likeness (QED) is 0.791. The highest BCUT2D eigenvalue weighted by molar-refractivity contribution is 5.94. The molecule has 1 saturated carbocycles. The van der Waals surface area contributed by atoms with Gasteiger partial charge in [0, 0.05) is 24.9 Å². The molecule has 0 aliphatic heterocycles. The Balaban J connectivity index is 2.11. The summed E-state index contributed by atoms with van der Waals surface area (Å²) >= 11 is 0. The van der Waals surface area contributed by atoms with E-state index in [0.29, 0.717) is 19.4 Å². The second-order valence-corrected chi connectivity index (χ2v) is 5.00. The molecule has 0 spiro atoms. The summed E-state index contributed by atoms with van der Waals surface area (Å²) in [4.78, 5) is 16.2. The van der Waals surface area contributed by atoms with E-state index in [4.69, 9.17) is 0 Å². The molecule has 0 N–H and O–H groups in total. The van der Waals surface area contributed by atoms with Crippen molar-refractivity contribution in [2.75, 3.05) is 0 Å². The molecule has 0 amide bonds. The zero-order valence-electron chi connectivity index (χ0n) is 10.8. The summed E-state index contributed by atoms with van der Waals surface area (Å²) in [5.74, 6) is -1.86. The van der Waals surface area contributed by atoms with Gasteiger partial charge in [0.1, 0.15) is 0 Å². The van der Waals surface area contributed by atoms with Crippen LogP contribution in [0, 0.1) is 11.8 Å². The highest BCUT2D eigenvalue weighted by atomic mass is 19.4. The molecule has 0 aromatic carbocycles. The Morgan fingerprint density at radius 1 is 1.47 bits per heavy atom. The van der Waals surface area contributed by atoms with Crippen LogP contribution in [-0.4, -0.2) is 21.5 Å². The number of Topliss-reactive ketones (excluding diaryl/α,β-unsaturated/α-hetero) is 1. The molecule has 3 nitrogen and oxygen atoms in total. The fourth-order valence-corrected chi connectivity index (χ4v) is 2.70. The Labute approximate surface area is 109 Å². The van der Waals surface area contributed by atoms with Gasteiger partial charge in [0.2, 0.25) is 5.78 Å². The van der Waals surface area contributed by atoms with E-state index in [9.17, 15) is 18.0 Å². The number of carbonyl (C=O) groups is 1. The number of rotatable bonds is 3. The van der Waals surface area contributed by atoms with E-state index in [1.165, 1.54) is 6.20 Å². The van der Waals surface area contributed by atoms with Crippen molar-refractivity contribution in [2.24, 2.45) is 11.8 Å². The number of hydrogen-bond donors (Lipinski definition) is 0. The van der Waals surface area contributed by atoms with E-state index in [1.54, 1.807) is 10.8 Å². The maximum absolute atomic E-state index is 12.7. The summed E-state index contributed by atoms with van der Waals surface area (Å²) in [6.07, 6.45) is 0.0149. The van der Waals surface area contributed by atoms with Crippen molar-refractivity contribution >= 4 is 5.78 Å². The number of nitrogens with zero attached hydrogens (tertiary/aromatic N) is 2. The van der Waals surface area contributed by atoms with Crippen LogP contribution in [0.3, 0.4) is 0 Å². The molecule has 2 rings (SSSR count). The third-order valence-electron chi connectivity index (χ3n) is 3.78. The molecule has 6 heteroatoms. The van der Waals surface area contributed by atoms with E-state index < -0.39 is 18.0 Å². The Morgan fingerprint density at radius 2 is 2.21 bits per heavy atom. The molecule has 2 unspecified atom stereocenters. The summed E-state index contributed by atoms with van der Waals surface area (Å²) < 4.78 is 39.9. The van der Waals surface area contributed by atoms with Crippen LogP contribution in [-0.2, 0) is 6.54 Å². The van der Waals surface area contributed by atoms with E-state index >= 15 is 0 Å². The maximum Gasteiger partial charge on any atom is 0.391 e. The first-order valence-electron chi connectivity index (χ1n) is 6.55. The highest BCUT2D eigenvalue weighted by Gasteiger charge is 2.44. The molecule has 1 aliphatic rings. The van der Waals surface area contributed by atoms with Crippen molar-refractivity contribution < 1.29 is 18.0 Å². The normalized spacial score (nSPS) is 24.4. The third kappa shape index (κ3) is 2.98. The van der Waals surface area contributed by atoms with Crippen molar-refractivity contribution in [3.63, 3.8) is 0 Å². The zero-order valence-corrected chi connectivity index (χ0v) is 10.8. The molecule has 1 heterocycles. The second-order valence-electron chi connectivity index (χ2n) is 5.00. The van der Waals surface area contributed by atoms with Gasteiger partial charge < -0.3 is 4.57 Å². The predicted octanol–water partition coefficient (Wildman–Crippen LogP) is 3.45. The summed E-state index contributed by atoms with van der Waals surface area (Å²) in [7, 11) is 0. The molecule has 1 aromatic rings. The number of aryl methyl sites for hydroxylation is 1. The Bertz CT molecular complexity index is 453. The molecular formula is C13H17F3N2O. The minimum absolute atomic E-state index is 0.0983. The number of ketones is 1. The Morgan fingerprint density at radius 3 is 2.84 bits per heavy atom. The van der Waals surface area contributed by atoms with Gasteiger partial charge in [-0.25, -0.2) is 4.98 Å². The van der Waals surface area contributed by atoms with Crippen LogP contribution in [0.2, 0.25) is 0 Å². The standard InChI is InChI=1S/C13H17F3N2O/c1-2-18-7-6-17-12(18)11(19)9-4-3-5-10(8-9)13(14,15)16/h6-7,9-10H,2-5,8H2,1H3. The molecular weight excluding hydrogens is 257 g/mol. The Kier molecular flexibility index (Phi) is 3.96. The monoisotopic (exact) mass is 274 g/mol. The average molecular weight is 274 g/mol. The van der Waals surface area contributed by atoms with Gasteiger partial charge in [-0.05, 0) is 26.2 Å². The van der Waals surface area contributed by atoms with E-state index in [0.717, 1.165) is 0 Å². The van der Waals surface area contributed by atoms with Gasteiger partial charge in [0.05, 0.1) is 5.92 Å². The summed E-state index contributed by atoms with van der Waals surface area (Å²) in [6, 6.07) is 0. The van der Waals surface area contributed by atoms with Crippen LogP contribution in [0.25, 0.3) is 0 Å². The van der Waals surface area contributed by atoms with E-state index in [1.807, 2.05) is 6.92 Å². The zero-order chi connectivity index (χ0) is 14.0. The highest BCUT2D eigenvalue weighted by Crippen LogP contribution is 2.40. The lowest BCUT2D eigenvalue weighted by Crippen LogP contribution is -2.32. The molecule has 1 aliphatic carbocycles. The van der Waals surface area contributed by atoms with Crippen LogP contribution < -0.4 is 0 Å². The number of carbonyl (C=O) groups excluding carboxylic acids is 1. The number of alkyl halides is 3. The summed E-state index contributed by atoms with van der Waals surface area (Å²) in [6.45, 7) is 2.47. The SMILES string of the molecule is CCn1ccnc1C(=O)C1CCCC(C(F)(F)F)C1. The van der Waals surface area contributed by atoms with Gasteiger partial charge in [-0.1, -0.05) is 6.42 Å². The number of halogens is 3. The van der Waals surface area contributed by atoms with Crippen LogP contribution in [0.4, 0.5) is 13.2 Å². The molecule has 1 aromatic heterocycles. The van der Waals surface area contributed by atoms with Crippen LogP contribution in [0.5, 0.6) is 0 Å². The van der Waals surface area contributed by atoms with Crippen LogP contribution >= 0.6 is 0 Å². The lowest BCUT2D eigenvalue weighted by molar-refractivity contribution is -0.184. The minimum Gasteiger partial charge on any atom is -0.329 e. The molecule has 2 atom stereocenters. The molecule has 0 bridgehead atoms.